The number of nitrogens with two attached hydrogens (primary N) is 1. The van der Waals surface area contributed by atoms with Gasteiger partial charge in [-0.1, -0.05) is 13.3 Å². The van der Waals surface area contributed by atoms with Gasteiger partial charge in [-0.2, -0.15) is 0 Å². The number of non-ortho nitro benzene ring substituents is 1. The zero-order valence-corrected chi connectivity index (χ0v) is 9.90. The highest BCUT2D eigenvalue weighted by Crippen LogP contribution is 2.40. The molecule has 1 aromatic carbocycles. The van der Waals surface area contributed by atoms with Crippen LogP contribution in [0.15, 0.2) is 18.2 Å². The van der Waals surface area contributed by atoms with E-state index in [0.717, 1.165) is 12.2 Å². The molecule has 0 heterocycles. The Morgan fingerprint density at radius 2 is 2.24 bits per heavy atom. The van der Waals surface area contributed by atoms with Crippen molar-refractivity contribution >= 4 is 17.1 Å². The number of nitro groups is 1. The van der Waals surface area contributed by atoms with Gasteiger partial charge in [-0.3, -0.25) is 10.1 Å². The fraction of sp³-hybridized carbons (Fsp3) is 0.500. The topological polar surface area (TPSA) is 81.2 Å². The summed E-state index contributed by atoms with van der Waals surface area (Å²) in [6.07, 6.45) is 3.74. The minimum Gasteiger partial charge on any atom is -0.397 e. The van der Waals surface area contributed by atoms with Gasteiger partial charge in [0.25, 0.3) is 5.69 Å². The quantitative estimate of drug-likeness (QED) is 0.477. The molecule has 1 fully saturated rings. The number of nitrogens with one attached hydrogen (secondary N) is 1. The molecule has 0 spiro atoms. The summed E-state index contributed by atoms with van der Waals surface area (Å²) in [5, 5.41) is 13.8. The molecule has 0 atom stereocenters. The highest BCUT2D eigenvalue weighted by atomic mass is 16.6. The highest BCUT2D eigenvalue weighted by Gasteiger charge is 2.31. The van der Waals surface area contributed by atoms with Crippen molar-refractivity contribution in [2.75, 3.05) is 17.6 Å². The van der Waals surface area contributed by atoms with Gasteiger partial charge in [0.05, 0.1) is 16.3 Å². The SMILES string of the molecule is CC1(CNc2ccc([N+](=O)[O-])cc2N)CCC1. The molecule has 1 aromatic rings. The molecular weight excluding hydrogens is 218 g/mol. The van der Waals surface area contributed by atoms with Crippen molar-refractivity contribution < 1.29 is 4.92 Å². The first kappa shape index (κ1) is 11.7. The Balaban J connectivity index is 2.03. The first-order valence-corrected chi connectivity index (χ1v) is 5.78. The molecule has 0 bridgehead atoms. The van der Waals surface area contributed by atoms with Gasteiger partial charge in [0, 0.05) is 18.7 Å². The lowest BCUT2D eigenvalue weighted by molar-refractivity contribution is -0.384. The van der Waals surface area contributed by atoms with Crippen molar-refractivity contribution in [2.24, 2.45) is 5.41 Å². The van der Waals surface area contributed by atoms with Crippen LogP contribution in [0.3, 0.4) is 0 Å². The number of nitrogens with zero attached hydrogens (tertiary/aromatic N) is 1. The molecule has 0 saturated heterocycles. The van der Waals surface area contributed by atoms with Gasteiger partial charge in [-0.15, -0.1) is 0 Å². The fourth-order valence-corrected chi connectivity index (χ4v) is 2.09. The molecular formula is C12H17N3O2. The van der Waals surface area contributed by atoms with Gasteiger partial charge >= 0.3 is 0 Å². The summed E-state index contributed by atoms with van der Waals surface area (Å²) in [7, 11) is 0. The number of nitro benzene ring substituents is 1. The molecule has 5 heteroatoms. The van der Waals surface area contributed by atoms with Crippen molar-refractivity contribution in [2.45, 2.75) is 26.2 Å². The monoisotopic (exact) mass is 235 g/mol. The minimum absolute atomic E-state index is 0.0305. The van der Waals surface area contributed by atoms with E-state index in [0.29, 0.717) is 11.1 Å². The Morgan fingerprint density at radius 3 is 2.71 bits per heavy atom. The van der Waals surface area contributed by atoms with Crippen LogP contribution in [0.1, 0.15) is 26.2 Å². The molecule has 3 N–H and O–H groups in total. The number of rotatable bonds is 4. The predicted molar refractivity (Wildman–Crippen MR) is 68.0 cm³/mol. The summed E-state index contributed by atoms with van der Waals surface area (Å²) >= 11 is 0. The van der Waals surface area contributed by atoms with Crippen molar-refractivity contribution in [3.63, 3.8) is 0 Å². The van der Waals surface area contributed by atoms with E-state index in [1.165, 1.54) is 31.4 Å². The Hall–Kier alpha value is -1.78. The number of hydrogen-bond donors (Lipinski definition) is 2. The van der Waals surface area contributed by atoms with E-state index in [1.54, 1.807) is 6.07 Å². The smallest absolute Gasteiger partial charge is 0.271 e. The Kier molecular flexibility index (Phi) is 2.92. The maximum atomic E-state index is 10.6. The van der Waals surface area contributed by atoms with Crippen molar-refractivity contribution in [1.82, 2.24) is 0 Å². The van der Waals surface area contributed by atoms with Crippen LogP contribution in [0.25, 0.3) is 0 Å². The second-order valence-electron chi connectivity index (χ2n) is 5.05. The molecule has 1 aliphatic carbocycles. The van der Waals surface area contributed by atoms with Gasteiger partial charge in [0.15, 0.2) is 0 Å². The minimum atomic E-state index is -0.437. The largest absolute Gasteiger partial charge is 0.397 e. The lowest BCUT2D eigenvalue weighted by atomic mass is 9.70. The van der Waals surface area contributed by atoms with Crippen LogP contribution in [0.4, 0.5) is 17.1 Å². The number of anilines is 2. The van der Waals surface area contributed by atoms with Gasteiger partial charge < -0.3 is 11.1 Å². The van der Waals surface area contributed by atoms with Crippen molar-refractivity contribution in [1.29, 1.82) is 0 Å². The molecule has 1 saturated carbocycles. The second kappa shape index (κ2) is 4.24. The normalized spacial score (nSPS) is 17.2. The van der Waals surface area contributed by atoms with E-state index in [9.17, 15) is 10.1 Å². The molecule has 0 radical (unpaired) electrons. The fourth-order valence-electron chi connectivity index (χ4n) is 2.09. The lowest BCUT2D eigenvalue weighted by Crippen LogP contribution is -2.33. The standard InChI is InChI=1S/C12H17N3O2/c1-12(5-2-6-12)8-14-11-4-3-9(15(16)17)7-10(11)13/h3-4,7,14H,2,5-6,8,13H2,1H3. The maximum Gasteiger partial charge on any atom is 0.271 e. The second-order valence-corrected chi connectivity index (χ2v) is 5.05. The van der Waals surface area contributed by atoms with Gasteiger partial charge in [-0.05, 0) is 24.3 Å². The Bertz CT molecular complexity index is 441. The van der Waals surface area contributed by atoms with Crippen LogP contribution in [0.2, 0.25) is 0 Å². The van der Waals surface area contributed by atoms with Crippen molar-refractivity contribution in [3.05, 3.63) is 28.3 Å². The summed E-state index contributed by atoms with van der Waals surface area (Å²) in [4.78, 5) is 10.1. The van der Waals surface area contributed by atoms with E-state index in [4.69, 9.17) is 5.73 Å². The zero-order valence-electron chi connectivity index (χ0n) is 9.90. The predicted octanol–water partition coefficient (Wildman–Crippen LogP) is 2.78. The average molecular weight is 235 g/mol. The van der Waals surface area contributed by atoms with E-state index >= 15 is 0 Å². The summed E-state index contributed by atoms with van der Waals surface area (Å²) in [5.74, 6) is 0. The van der Waals surface area contributed by atoms with E-state index < -0.39 is 4.92 Å². The van der Waals surface area contributed by atoms with Crippen LogP contribution >= 0.6 is 0 Å². The third kappa shape index (κ3) is 2.49. The van der Waals surface area contributed by atoms with Gasteiger partial charge in [0.2, 0.25) is 0 Å². The third-order valence-electron chi connectivity index (χ3n) is 3.51. The third-order valence-corrected chi connectivity index (χ3v) is 3.51. The van der Waals surface area contributed by atoms with E-state index in [1.807, 2.05) is 0 Å². The summed E-state index contributed by atoms with van der Waals surface area (Å²) in [5.41, 5.74) is 7.38. The van der Waals surface area contributed by atoms with E-state index in [2.05, 4.69) is 12.2 Å². The summed E-state index contributed by atoms with van der Waals surface area (Å²) in [6, 6.07) is 4.54. The van der Waals surface area contributed by atoms with Gasteiger partial charge in [-0.25, -0.2) is 0 Å². The number of benzene rings is 1. The summed E-state index contributed by atoms with van der Waals surface area (Å²) in [6.45, 7) is 3.11. The van der Waals surface area contributed by atoms with E-state index in [-0.39, 0.29) is 5.69 Å². The van der Waals surface area contributed by atoms with Crippen LogP contribution in [0, 0.1) is 15.5 Å². The molecule has 92 valence electrons. The average Bonchev–Trinajstić information content (AvgIpc) is 2.24. The molecule has 2 rings (SSSR count). The first-order chi connectivity index (χ1) is 8.00. The molecule has 5 nitrogen and oxygen atoms in total. The lowest BCUT2D eigenvalue weighted by Gasteiger charge is -2.38. The molecule has 0 aromatic heterocycles. The Labute approximate surface area is 100 Å². The Morgan fingerprint density at radius 1 is 1.53 bits per heavy atom. The van der Waals surface area contributed by atoms with Crippen LogP contribution in [0.5, 0.6) is 0 Å². The highest BCUT2D eigenvalue weighted by molar-refractivity contribution is 5.69. The molecule has 0 amide bonds. The zero-order chi connectivity index (χ0) is 12.5. The molecule has 0 aliphatic heterocycles. The van der Waals surface area contributed by atoms with Crippen molar-refractivity contribution in [3.8, 4) is 0 Å². The number of hydrogen-bond acceptors (Lipinski definition) is 4. The van der Waals surface area contributed by atoms with Crippen LogP contribution in [-0.4, -0.2) is 11.5 Å². The number of nitrogen functional groups attached to an aromatic ring is 1. The molecule has 1 aliphatic rings. The maximum absolute atomic E-state index is 10.6. The van der Waals surface area contributed by atoms with Gasteiger partial charge in [0.1, 0.15) is 0 Å². The van der Waals surface area contributed by atoms with Crippen LogP contribution in [-0.2, 0) is 0 Å². The molecule has 0 unspecified atom stereocenters. The van der Waals surface area contributed by atoms with Crippen LogP contribution < -0.4 is 11.1 Å². The first-order valence-electron chi connectivity index (χ1n) is 5.78. The summed E-state index contributed by atoms with van der Waals surface area (Å²) < 4.78 is 0. The molecule has 17 heavy (non-hydrogen) atoms.